The number of nitrogens with two attached hydrogens (primary N) is 1. The van der Waals surface area contributed by atoms with Gasteiger partial charge >= 0.3 is 5.97 Å². The number of fused-ring (bicyclic) bond motifs is 1. The molecule has 1 fully saturated rings. The molecule has 5 N–H and O–H groups in total. The van der Waals surface area contributed by atoms with E-state index in [0.717, 1.165) is 16.2 Å². The van der Waals surface area contributed by atoms with Crippen molar-refractivity contribution >= 4 is 57.6 Å². The minimum Gasteiger partial charge on any atom is -0.477 e. The summed E-state index contributed by atoms with van der Waals surface area (Å²) in [6.45, 7) is -1.08. The molecule has 0 spiro atoms. The van der Waals surface area contributed by atoms with Crippen LogP contribution in [-0.4, -0.2) is 86.3 Å². The van der Waals surface area contributed by atoms with E-state index in [0.29, 0.717) is 16.8 Å². The number of rotatable bonds is 10. The van der Waals surface area contributed by atoms with E-state index >= 15 is 0 Å². The summed E-state index contributed by atoms with van der Waals surface area (Å²) in [5.74, 6) is -3.16. The fourth-order valence-electron chi connectivity index (χ4n) is 4.38. The van der Waals surface area contributed by atoms with Gasteiger partial charge in [0.15, 0.2) is 22.7 Å². The van der Waals surface area contributed by atoms with E-state index in [9.17, 15) is 28.7 Å². The van der Waals surface area contributed by atoms with Gasteiger partial charge in [0.05, 0.1) is 5.70 Å². The molecule has 0 bridgehead atoms. The number of β-lactam (4-membered cyclic amide) rings is 1. The van der Waals surface area contributed by atoms with Gasteiger partial charge in [0.2, 0.25) is 0 Å². The van der Waals surface area contributed by atoms with E-state index in [1.165, 1.54) is 29.4 Å². The number of carboxylic acids is 1. The molecule has 0 radical (unpaired) electrons. The number of nitrogens with one attached hydrogen (secondary N) is 2. The third-order valence-corrected chi connectivity index (χ3v) is 8.36. The summed E-state index contributed by atoms with van der Waals surface area (Å²) < 4.78 is 12.5. The highest BCUT2D eigenvalue weighted by atomic mass is 32.2. The number of thiazole rings is 1. The number of halogens is 1. The van der Waals surface area contributed by atoms with Crippen LogP contribution in [0.1, 0.15) is 5.69 Å². The van der Waals surface area contributed by atoms with Crippen LogP contribution in [0, 0.1) is 11.5 Å². The summed E-state index contributed by atoms with van der Waals surface area (Å²) in [5, 5.41) is 35.4. The second-order valence-electron chi connectivity index (χ2n) is 9.09. The molecule has 2 atom stereocenters. The lowest BCUT2D eigenvalue weighted by molar-refractivity contribution is -0.150. The van der Waals surface area contributed by atoms with Crippen LogP contribution in [0.2, 0.25) is 0 Å². The van der Waals surface area contributed by atoms with Crippen LogP contribution < -0.4 is 16.4 Å². The molecular weight excluding hydrogens is 619 g/mol. The van der Waals surface area contributed by atoms with Gasteiger partial charge in [0.25, 0.3) is 17.7 Å². The highest BCUT2D eigenvalue weighted by molar-refractivity contribution is 8.00. The lowest BCUT2D eigenvalue weighted by Gasteiger charge is -2.49. The molecule has 0 aromatic carbocycles. The molecule has 0 aliphatic carbocycles. The Morgan fingerprint density at radius 2 is 2.07 bits per heavy atom. The molecule has 4 aliphatic rings. The Morgan fingerprint density at radius 3 is 2.73 bits per heavy atom. The molecule has 1 aromatic rings. The first-order chi connectivity index (χ1) is 21.2. The maximum absolute atomic E-state index is 13.1. The van der Waals surface area contributed by atoms with Gasteiger partial charge in [0, 0.05) is 35.7 Å². The number of carboxylic acid groups (broad SMARTS) is 1. The number of hydrogen-bond donors (Lipinski definition) is 4. The van der Waals surface area contributed by atoms with Crippen LogP contribution in [0.5, 0.6) is 0 Å². The number of carbonyl (C=O) groups is 4. The molecule has 1 saturated heterocycles. The number of anilines is 1. The molecule has 226 valence electrons. The van der Waals surface area contributed by atoms with Crippen LogP contribution in [-0.2, 0) is 24.0 Å². The number of oxime groups is 1. The number of thioether (sulfide) groups is 1. The standard InChI is InChI=1S/C25H21FN10O6S2/c26-3-6-42-34-17(16-10-44-25(28)30-16)21(38)31-18-22(39)36-19(24(40)41)13(9-43-23(18)36)8-35-4-1-12(2-5-35)14-7-15(33-32-14)20(37)29-11-27/h1-2,4-5,7,10,18,23H,3,6,8-9H2,(H2,28,30)(H,29,37)(H,31,38)(H,40,41)/b34-17-/t18-,23-/m1/s1. The van der Waals surface area contributed by atoms with Crippen molar-refractivity contribution in [1.29, 1.82) is 5.26 Å². The minimum atomic E-state index is -1.30. The summed E-state index contributed by atoms with van der Waals surface area (Å²) in [4.78, 5) is 61.9. The van der Waals surface area contributed by atoms with Crippen molar-refractivity contribution in [2.24, 2.45) is 15.4 Å². The van der Waals surface area contributed by atoms with Crippen LogP contribution in [0.25, 0.3) is 0 Å². The van der Waals surface area contributed by atoms with E-state index in [-0.39, 0.29) is 40.2 Å². The molecule has 0 saturated carbocycles. The molecule has 5 rings (SSSR count). The van der Waals surface area contributed by atoms with Crippen molar-refractivity contribution in [2.45, 2.75) is 11.4 Å². The maximum Gasteiger partial charge on any atom is 0.352 e. The molecule has 1 aromatic heterocycles. The molecule has 0 unspecified atom stereocenters. The molecule has 16 nitrogen and oxygen atoms in total. The zero-order valence-corrected chi connectivity index (χ0v) is 24.0. The number of nitrogens with zero attached hydrogens (tertiary/aromatic N) is 7. The fraction of sp³-hybridized carbons (Fsp3) is 0.240. The molecule has 5 heterocycles. The summed E-state index contributed by atoms with van der Waals surface area (Å²) in [7, 11) is 0. The van der Waals surface area contributed by atoms with Crippen molar-refractivity contribution in [3.05, 3.63) is 69.9 Å². The van der Waals surface area contributed by atoms with Crippen LogP contribution in [0.4, 0.5) is 9.52 Å². The minimum absolute atomic E-state index is 0.0153. The van der Waals surface area contributed by atoms with E-state index < -0.39 is 48.4 Å². The molecular formula is C25H21FN10O6S2. The van der Waals surface area contributed by atoms with Gasteiger partial charge in [-0.2, -0.15) is 5.26 Å². The zero-order valence-electron chi connectivity index (χ0n) is 22.3. The van der Waals surface area contributed by atoms with Gasteiger partial charge in [-0.1, -0.05) is 5.16 Å². The second kappa shape index (κ2) is 12.9. The van der Waals surface area contributed by atoms with E-state index in [1.807, 2.05) is 5.32 Å². The van der Waals surface area contributed by atoms with E-state index in [1.54, 1.807) is 29.5 Å². The largest absolute Gasteiger partial charge is 0.477 e. The first-order valence-corrected chi connectivity index (χ1v) is 14.5. The maximum atomic E-state index is 13.1. The quantitative estimate of drug-likeness (QED) is 0.0695. The number of aromatic nitrogens is 1. The molecule has 3 amide bonds. The average Bonchev–Trinajstić information content (AvgIpc) is 3.68. The summed E-state index contributed by atoms with van der Waals surface area (Å²) in [6, 6.07) is -1.05. The Bertz CT molecular complexity index is 1670. The number of carbonyl (C=O) groups excluding carboxylic acids is 3. The van der Waals surface area contributed by atoms with Gasteiger partial charge in [-0.05, 0) is 23.8 Å². The van der Waals surface area contributed by atoms with Crippen molar-refractivity contribution < 1.29 is 33.5 Å². The monoisotopic (exact) mass is 640 g/mol. The lowest BCUT2D eigenvalue weighted by Crippen LogP contribution is -2.71. The Labute approximate surface area is 255 Å². The summed E-state index contributed by atoms with van der Waals surface area (Å²) in [6.07, 6.45) is 9.71. The van der Waals surface area contributed by atoms with Crippen molar-refractivity contribution in [3.8, 4) is 6.19 Å². The number of hydrogen-bond acceptors (Lipinski definition) is 14. The number of alkyl halides is 1. The highest BCUT2D eigenvalue weighted by Crippen LogP contribution is 2.40. The first kappa shape index (κ1) is 30.1. The number of azo groups is 1. The number of nitriles is 1. The first-order valence-electron chi connectivity index (χ1n) is 12.6. The average molecular weight is 641 g/mol. The second-order valence-corrected chi connectivity index (χ2v) is 11.1. The highest BCUT2D eigenvalue weighted by Gasteiger charge is 2.54. The zero-order chi connectivity index (χ0) is 31.4. The number of allylic oxidation sites excluding steroid dienone is 4. The van der Waals surface area contributed by atoms with Crippen LogP contribution >= 0.6 is 23.1 Å². The molecule has 4 aliphatic heterocycles. The van der Waals surface area contributed by atoms with Gasteiger partial charge in [0.1, 0.15) is 36.1 Å². The van der Waals surface area contributed by atoms with Gasteiger partial charge in [-0.25, -0.2) is 14.2 Å². The summed E-state index contributed by atoms with van der Waals surface area (Å²) in [5.41, 5.74) is 6.74. The van der Waals surface area contributed by atoms with Gasteiger partial charge < -0.3 is 25.9 Å². The van der Waals surface area contributed by atoms with Crippen molar-refractivity contribution in [2.75, 3.05) is 31.3 Å². The Morgan fingerprint density at radius 1 is 1.30 bits per heavy atom. The van der Waals surface area contributed by atoms with Crippen LogP contribution in [0.3, 0.4) is 0 Å². The van der Waals surface area contributed by atoms with E-state index in [4.69, 9.17) is 15.8 Å². The van der Waals surface area contributed by atoms with Gasteiger partial charge in [-0.3, -0.25) is 24.6 Å². The predicted octanol–water partition coefficient (Wildman–Crippen LogP) is 0.698. The Balaban J connectivity index is 1.27. The smallest absolute Gasteiger partial charge is 0.352 e. The topological polar surface area (TPSA) is 228 Å². The van der Waals surface area contributed by atoms with Crippen LogP contribution in [0.15, 0.2) is 79.6 Å². The Kier molecular flexibility index (Phi) is 8.82. The molecule has 44 heavy (non-hydrogen) atoms. The predicted molar refractivity (Wildman–Crippen MR) is 153 cm³/mol. The SMILES string of the molecule is N#CNC(=O)C1=CC(=C2C=CN(CC3=C(C(=O)O)N4C(=O)[C@@H](NC(=O)/C(=N\OCCF)c5csc(N)n5)[C@H]4SC3)C=C2)N=N1. The van der Waals surface area contributed by atoms with Crippen molar-refractivity contribution in [3.63, 3.8) is 0 Å². The summed E-state index contributed by atoms with van der Waals surface area (Å²) >= 11 is 2.33. The number of aliphatic carboxylic acids is 1. The Hall–Kier alpha value is -5.35. The number of amides is 3. The van der Waals surface area contributed by atoms with E-state index in [2.05, 4.69) is 25.7 Å². The fourth-order valence-corrected chi connectivity index (χ4v) is 6.26. The normalized spacial score (nSPS) is 20.7. The lowest BCUT2D eigenvalue weighted by atomic mass is 10.0. The number of nitrogen functional groups attached to an aromatic ring is 1. The van der Waals surface area contributed by atoms with Gasteiger partial charge in [-0.15, -0.1) is 33.3 Å². The third-order valence-electron chi connectivity index (χ3n) is 6.34. The van der Waals surface area contributed by atoms with Crippen molar-refractivity contribution in [1.82, 2.24) is 25.4 Å². The molecule has 19 heteroatoms. The third kappa shape index (κ3) is 6.06.